The number of fused-ring (bicyclic) bond motifs is 1. The van der Waals surface area contributed by atoms with Crippen LogP contribution in [0.1, 0.15) is 47.4 Å². The first-order valence-corrected chi connectivity index (χ1v) is 13.6. The van der Waals surface area contributed by atoms with E-state index in [1.54, 1.807) is 41.3 Å². The molecule has 9 nitrogen and oxygen atoms in total. The average Bonchev–Trinajstić information content (AvgIpc) is 3.39. The van der Waals surface area contributed by atoms with Crippen LogP contribution < -0.4 is 14.5 Å². The predicted molar refractivity (Wildman–Crippen MR) is 147 cm³/mol. The second-order valence-corrected chi connectivity index (χ2v) is 10.2. The first-order valence-electron chi connectivity index (χ1n) is 13.6. The number of aromatic nitrogens is 2. The molecule has 1 saturated heterocycles. The van der Waals surface area contributed by atoms with Crippen LogP contribution in [0.2, 0.25) is 0 Å². The summed E-state index contributed by atoms with van der Waals surface area (Å²) in [5, 5.41) is 3.85. The molecule has 41 heavy (non-hydrogen) atoms. The van der Waals surface area contributed by atoms with Crippen molar-refractivity contribution in [3.05, 3.63) is 65.5 Å². The van der Waals surface area contributed by atoms with Crippen molar-refractivity contribution in [2.24, 2.45) is 4.99 Å². The van der Waals surface area contributed by atoms with Crippen molar-refractivity contribution in [1.82, 2.24) is 14.7 Å². The number of ether oxygens (including phenoxy) is 1. The van der Waals surface area contributed by atoms with Crippen LogP contribution in [0, 0.1) is 0 Å². The number of halogens is 3. The Labute approximate surface area is 234 Å². The lowest BCUT2D eigenvalue weighted by atomic mass is 10.0. The SMILES string of the molecule is COc1ccc(-n2nc(C(F)(F)F)c3c2C(=O)N(c2ccc(N4CCC=NC4N4CCCCC4=O)cc2)CC3)cc1. The Morgan fingerprint density at radius 1 is 0.854 bits per heavy atom. The molecule has 1 atom stereocenters. The summed E-state index contributed by atoms with van der Waals surface area (Å²) in [7, 11) is 1.49. The van der Waals surface area contributed by atoms with Crippen LogP contribution in [-0.4, -0.2) is 65.7 Å². The molecular weight excluding hydrogens is 537 g/mol. The van der Waals surface area contributed by atoms with E-state index in [-0.39, 0.29) is 30.1 Å². The van der Waals surface area contributed by atoms with E-state index in [2.05, 4.69) is 15.0 Å². The van der Waals surface area contributed by atoms with E-state index in [0.29, 0.717) is 36.6 Å². The van der Waals surface area contributed by atoms with Crippen molar-refractivity contribution < 1.29 is 27.5 Å². The topological polar surface area (TPSA) is 83.3 Å². The van der Waals surface area contributed by atoms with Gasteiger partial charge in [-0.1, -0.05) is 0 Å². The predicted octanol–water partition coefficient (Wildman–Crippen LogP) is 4.68. The third kappa shape index (κ3) is 4.91. The van der Waals surface area contributed by atoms with Gasteiger partial charge in [-0.15, -0.1) is 0 Å². The molecule has 0 N–H and O–H groups in total. The van der Waals surface area contributed by atoms with Crippen molar-refractivity contribution in [2.75, 3.05) is 36.5 Å². The van der Waals surface area contributed by atoms with E-state index in [9.17, 15) is 22.8 Å². The minimum Gasteiger partial charge on any atom is -0.497 e. The third-order valence-electron chi connectivity index (χ3n) is 7.75. The van der Waals surface area contributed by atoms with E-state index >= 15 is 0 Å². The molecule has 0 aliphatic carbocycles. The van der Waals surface area contributed by atoms with Crippen molar-refractivity contribution in [1.29, 1.82) is 0 Å². The maximum Gasteiger partial charge on any atom is 0.435 e. The lowest BCUT2D eigenvalue weighted by molar-refractivity contribution is -0.142. The Morgan fingerprint density at radius 2 is 1.56 bits per heavy atom. The summed E-state index contributed by atoms with van der Waals surface area (Å²) >= 11 is 0. The van der Waals surface area contributed by atoms with Gasteiger partial charge >= 0.3 is 6.18 Å². The fraction of sp³-hybridized carbons (Fsp3) is 0.379. The first kappa shape index (κ1) is 26.9. The van der Waals surface area contributed by atoms with Gasteiger partial charge in [0.25, 0.3) is 5.91 Å². The van der Waals surface area contributed by atoms with Crippen LogP contribution in [0.15, 0.2) is 53.5 Å². The number of benzene rings is 2. The Hall–Kier alpha value is -4.35. The number of hydrogen-bond donors (Lipinski definition) is 0. The van der Waals surface area contributed by atoms with Gasteiger partial charge < -0.3 is 19.4 Å². The highest BCUT2D eigenvalue weighted by Gasteiger charge is 2.43. The molecule has 0 saturated carbocycles. The molecule has 3 aliphatic rings. The number of anilines is 2. The van der Waals surface area contributed by atoms with Gasteiger partial charge in [-0.3, -0.25) is 14.6 Å². The highest BCUT2D eigenvalue weighted by atomic mass is 19.4. The quantitative estimate of drug-likeness (QED) is 0.448. The largest absolute Gasteiger partial charge is 0.497 e. The smallest absolute Gasteiger partial charge is 0.435 e. The summed E-state index contributed by atoms with van der Waals surface area (Å²) in [5.74, 6) is 0.0608. The van der Waals surface area contributed by atoms with Gasteiger partial charge in [0.15, 0.2) is 5.69 Å². The molecule has 0 bridgehead atoms. The van der Waals surface area contributed by atoms with Crippen LogP contribution >= 0.6 is 0 Å². The third-order valence-corrected chi connectivity index (χ3v) is 7.75. The van der Waals surface area contributed by atoms with E-state index in [0.717, 1.165) is 29.6 Å². The minimum atomic E-state index is -4.70. The molecule has 2 aromatic carbocycles. The number of aliphatic imine (C=N–C) groups is 1. The molecule has 3 aliphatic heterocycles. The lowest BCUT2D eigenvalue weighted by Crippen LogP contribution is -2.53. The van der Waals surface area contributed by atoms with Crippen molar-refractivity contribution in [2.45, 2.75) is 44.6 Å². The average molecular weight is 567 g/mol. The highest BCUT2D eigenvalue weighted by molar-refractivity contribution is 6.07. The van der Waals surface area contributed by atoms with E-state index in [4.69, 9.17) is 4.74 Å². The van der Waals surface area contributed by atoms with Crippen LogP contribution in [0.25, 0.3) is 5.69 Å². The number of hydrogen-bond acceptors (Lipinski definition) is 6. The standard InChI is InChI=1S/C29H29F3N6O3/c1-41-22-12-10-21(11-13-22)38-25-23(26(34-38)29(30,31)32)14-18-35(27(25)40)19-6-8-20(9-7-19)36-17-4-15-33-28(36)37-16-3-2-5-24(37)39/h6-13,15,28H,2-5,14,16-18H2,1H3. The number of nitrogens with zero attached hydrogens (tertiary/aromatic N) is 6. The second-order valence-electron chi connectivity index (χ2n) is 10.2. The summed E-state index contributed by atoms with van der Waals surface area (Å²) < 4.78 is 48.0. The maximum absolute atomic E-state index is 13.9. The molecule has 1 aromatic heterocycles. The van der Waals surface area contributed by atoms with Gasteiger partial charge in [0, 0.05) is 55.6 Å². The molecule has 6 rings (SSSR count). The maximum atomic E-state index is 13.9. The van der Waals surface area contributed by atoms with Gasteiger partial charge in [0.05, 0.1) is 12.8 Å². The number of amides is 2. The zero-order chi connectivity index (χ0) is 28.7. The molecular formula is C29H29F3N6O3. The molecule has 2 amide bonds. The Kier molecular flexibility index (Phi) is 6.92. The van der Waals surface area contributed by atoms with Gasteiger partial charge in [-0.05, 0) is 67.8 Å². The molecule has 1 fully saturated rings. The Bertz CT molecular complexity index is 1480. The van der Waals surface area contributed by atoms with Gasteiger partial charge in [-0.25, -0.2) is 4.68 Å². The summed E-state index contributed by atoms with van der Waals surface area (Å²) in [4.78, 5) is 36.3. The molecule has 1 unspecified atom stereocenters. The van der Waals surface area contributed by atoms with E-state index in [1.165, 1.54) is 12.0 Å². The highest BCUT2D eigenvalue weighted by Crippen LogP contribution is 2.37. The number of carbonyl (C=O) groups is 2. The second kappa shape index (κ2) is 10.6. The molecule has 0 radical (unpaired) electrons. The zero-order valence-corrected chi connectivity index (χ0v) is 22.5. The van der Waals surface area contributed by atoms with Gasteiger partial charge in [0.2, 0.25) is 12.2 Å². The van der Waals surface area contributed by atoms with Crippen molar-refractivity contribution >= 4 is 29.4 Å². The number of likely N-dealkylation sites (tertiary alicyclic amines) is 1. The summed E-state index contributed by atoms with van der Waals surface area (Å²) in [6.07, 6.45) is -0.182. The van der Waals surface area contributed by atoms with Gasteiger partial charge in [-0.2, -0.15) is 18.3 Å². The summed E-state index contributed by atoms with van der Waals surface area (Å²) in [5.41, 5.74) is 0.481. The molecule has 0 spiro atoms. The summed E-state index contributed by atoms with van der Waals surface area (Å²) in [6, 6.07) is 13.6. The normalized spacial score (nSPS) is 19.5. The van der Waals surface area contributed by atoms with Crippen LogP contribution in [0.5, 0.6) is 5.75 Å². The number of rotatable bonds is 5. The van der Waals surface area contributed by atoms with Crippen LogP contribution in [0.4, 0.5) is 24.5 Å². The summed E-state index contributed by atoms with van der Waals surface area (Å²) in [6.45, 7) is 1.42. The molecule has 4 heterocycles. The number of carbonyl (C=O) groups excluding carboxylic acids is 2. The minimum absolute atomic E-state index is 0.00775. The number of methoxy groups -OCH3 is 1. The Balaban J connectivity index is 1.30. The zero-order valence-electron chi connectivity index (χ0n) is 22.5. The fourth-order valence-corrected chi connectivity index (χ4v) is 5.71. The van der Waals surface area contributed by atoms with E-state index in [1.807, 2.05) is 18.3 Å². The van der Waals surface area contributed by atoms with Crippen LogP contribution in [0.3, 0.4) is 0 Å². The van der Waals surface area contributed by atoms with Crippen molar-refractivity contribution in [3.8, 4) is 11.4 Å². The number of piperidine rings is 1. The van der Waals surface area contributed by atoms with E-state index < -0.39 is 24.1 Å². The van der Waals surface area contributed by atoms with Gasteiger partial charge in [0.1, 0.15) is 11.4 Å². The monoisotopic (exact) mass is 566 g/mol. The first-order chi connectivity index (χ1) is 19.8. The fourth-order valence-electron chi connectivity index (χ4n) is 5.71. The molecule has 12 heteroatoms. The molecule has 214 valence electrons. The molecule has 3 aromatic rings. The number of alkyl halides is 3. The lowest BCUT2D eigenvalue weighted by Gasteiger charge is -2.41. The van der Waals surface area contributed by atoms with Crippen LogP contribution in [-0.2, 0) is 17.4 Å². The Morgan fingerprint density at radius 3 is 2.24 bits per heavy atom. The van der Waals surface area contributed by atoms with Crippen molar-refractivity contribution in [3.63, 3.8) is 0 Å².